The molecule has 3 amide bonds. The number of fused-ring (bicyclic) bond motifs is 1. The molecule has 2 N–H and O–H groups in total. The number of benzene rings is 2. The molecule has 0 spiro atoms. The summed E-state index contributed by atoms with van der Waals surface area (Å²) >= 11 is 0. The highest BCUT2D eigenvalue weighted by Crippen LogP contribution is 2.22. The van der Waals surface area contributed by atoms with E-state index in [1.165, 1.54) is 24.1 Å². The van der Waals surface area contributed by atoms with Crippen LogP contribution in [0.1, 0.15) is 52.0 Å². The molecule has 0 aliphatic carbocycles. The van der Waals surface area contributed by atoms with Crippen molar-refractivity contribution >= 4 is 27.7 Å². The molecule has 1 aliphatic rings. The van der Waals surface area contributed by atoms with Crippen molar-refractivity contribution in [3.63, 3.8) is 0 Å². The number of nitrogens with zero attached hydrogens (tertiary/aromatic N) is 1. The summed E-state index contributed by atoms with van der Waals surface area (Å²) < 4.78 is 31.6. The quantitative estimate of drug-likeness (QED) is 0.330. The topological polar surface area (TPSA) is 122 Å². The fourth-order valence-electron chi connectivity index (χ4n) is 3.61. The van der Waals surface area contributed by atoms with Crippen LogP contribution in [0.5, 0.6) is 0 Å². The number of hydrogen-bond acceptors (Lipinski definition) is 6. The van der Waals surface area contributed by atoms with Gasteiger partial charge in [0.05, 0.1) is 22.6 Å². The standard InChI is InChI=1S/C24H29N3O6S/c1-33-16-14-26-34(31,32)19-12-10-18(11-13-19)17-25-22(28)9-3-2-6-15-27-23(29)20-7-4-5-8-21(20)24(27)30/h4-5,7-8,10-13,26H,2-3,6,9,14-17H2,1H3,(H,25,28). The third-order valence-corrected chi connectivity index (χ3v) is 6.96. The maximum atomic E-state index is 12.3. The first-order chi connectivity index (χ1) is 16.3. The van der Waals surface area contributed by atoms with Gasteiger partial charge in [0.2, 0.25) is 15.9 Å². The van der Waals surface area contributed by atoms with Crippen LogP contribution in [0.2, 0.25) is 0 Å². The largest absolute Gasteiger partial charge is 0.383 e. The van der Waals surface area contributed by atoms with Crippen molar-refractivity contribution in [3.05, 3.63) is 65.2 Å². The molecule has 0 bridgehead atoms. The number of rotatable bonds is 13. The molecule has 2 aromatic carbocycles. The van der Waals surface area contributed by atoms with E-state index >= 15 is 0 Å². The Bertz CT molecular complexity index is 1100. The normalized spacial score (nSPS) is 13.3. The summed E-state index contributed by atoms with van der Waals surface area (Å²) in [4.78, 5) is 38.2. The molecule has 182 valence electrons. The van der Waals surface area contributed by atoms with Gasteiger partial charge >= 0.3 is 0 Å². The molecule has 1 aliphatic heterocycles. The number of ether oxygens (including phenoxy) is 1. The van der Waals surface area contributed by atoms with Gasteiger partial charge in [0.1, 0.15) is 0 Å². The van der Waals surface area contributed by atoms with Gasteiger partial charge < -0.3 is 10.1 Å². The van der Waals surface area contributed by atoms with Gasteiger partial charge in [0.15, 0.2) is 0 Å². The molecule has 0 unspecified atom stereocenters. The highest BCUT2D eigenvalue weighted by Gasteiger charge is 2.34. The SMILES string of the molecule is COCCNS(=O)(=O)c1ccc(CNC(=O)CCCCCN2C(=O)c3ccccc3C2=O)cc1. The number of amides is 3. The Morgan fingerprint density at radius 2 is 1.59 bits per heavy atom. The minimum Gasteiger partial charge on any atom is -0.383 e. The van der Waals surface area contributed by atoms with E-state index in [0.29, 0.717) is 49.9 Å². The van der Waals surface area contributed by atoms with E-state index in [1.807, 2.05) is 0 Å². The van der Waals surface area contributed by atoms with Crippen molar-refractivity contribution in [2.24, 2.45) is 0 Å². The van der Waals surface area contributed by atoms with Crippen LogP contribution in [-0.4, -0.2) is 57.8 Å². The van der Waals surface area contributed by atoms with E-state index in [2.05, 4.69) is 10.0 Å². The summed E-state index contributed by atoms with van der Waals surface area (Å²) in [7, 11) is -2.09. The van der Waals surface area contributed by atoms with Crippen LogP contribution in [0.4, 0.5) is 0 Å². The lowest BCUT2D eigenvalue weighted by molar-refractivity contribution is -0.121. The minimum atomic E-state index is -3.59. The smallest absolute Gasteiger partial charge is 0.261 e. The van der Waals surface area contributed by atoms with Gasteiger partial charge in [-0.3, -0.25) is 19.3 Å². The van der Waals surface area contributed by atoms with E-state index in [0.717, 1.165) is 5.56 Å². The van der Waals surface area contributed by atoms with Crippen LogP contribution in [-0.2, 0) is 26.1 Å². The fourth-order valence-corrected chi connectivity index (χ4v) is 4.62. The number of methoxy groups -OCH3 is 1. The lowest BCUT2D eigenvalue weighted by Gasteiger charge is -2.13. The molecule has 0 fully saturated rings. The van der Waals surface area contributed by atoms with E-state index in [9.17, 15) is 22.8 Å². The molecule has 0 radical (unpaired) electrons. The van der Waals surface area contributed by atoms with Crippen LogP contribution >= 0.6 is 0 Å². The van der Waals surface area contributed by atoms with Gasteiger partial charge in [-0.25, -0.2) is 13.1 Å². The number of imide groups is 1. The fraction of sp³-hybridized carbons (Fsp3) is 0.375. The second kappa shape index (κ2) is 11.9. The molecule has 0 aromatic heterocycles. The van der Waals surface area contributed by atoms with Gasteiger partial charge in [-0.05, 0) is 42.7 Å². The van der Waals surface area contributed by atoms with E-state index in [1.54, 1.807) is 36.4 Å². The van der Waals surface area contributed by atoms with Crippen LogP contribution in [0.3, 0.4) is 0 Å². The van der Waals surface area contributed by atoms with Crippen LogP contribution < -0.4 is 10.0 Å². The van der Waals surface area contributed by atoms with Crippen molar-refractivity contribution in [2.45, 2.75) is 37.1 Å². The maximum absolute atomic E-state index is 12.3. The number of unbranched alkanes of at least 4 members (excludes halogenated alkanes) is 2. The van der Waals surface area contributed by atoms with E-state index in [-0.39, 0.29) is 35.8 Å². The van der Waals surface area contributed by atoms with Crippen molar-refractivity contribution in [1.29, 1.82) is 0 Å². The Labute approximate surface area is 199 Å². The van der Waals surface area contributed by atoms with Crippen molar-refractivity contribution < 1.29 is 27.5 Å². The zero-order valence-corrected chi connectivity index (χ0v) is 19.9. The maximum Gasteiger partial charge on any atom is 0.261 e. The molecule has 0 saturated carbocycles. The summed E-state index contributed by atoms with van der Waals surface area (Å²) in [6.07, 6.45) is 2.31. The molecule has 34 heavy (non-hydrogen) atoms. The van der Waals surface area contributed by atoms with Crippen LogP contribution in [0, 0.1) is 0 Å². The Balaban J connectivity index is 1.34. The third-order valence-electron chi connectivity index (χ3n) is 5.49. The van der Waals surface area contributed by atoms with Crippen LogP contribution in [0.15, 0.2) is 53.4 Å². The highest BCUT2D eigenvalue weighted by molar-refractivity contribution is 7.89. The molecular weight excluding hydrogens is 458 g/mol. The zero-order valence-electron chi connectivity index (χ0n) is 19.1. The van der Waals surface area contributed by atoms with Crippen molar-refractivity contribution in [2.75, 3.05) is 26.8 Å². The molecule has 2 aromatic rings. The first-order valence-electron chi connectivity index (χ1n) is 11.1. The second-order valence-electron chi connectivity index (χ2n) is 7.93. The third kappa shape index (κ3) is 6.49. The first kappa shape index (κ1) is 25.5. The summed E-state index contributed by atoms with van der Waals surface area (Å²) in [5.74, 6) is -0.635. The predicted molar refractivity (Wildman–Crippen MR) is 126 cm³/mol. The number of nitrogens with one attached hydrogen (secondary N) is 2. The average molecular weight is 488 g/mol. The van der Waals surface area contributed by atoms with Crippen molar-refractivity contribution in [1.82, 2.24) is 14.9 Å². The predicted octanol–water partition coefficient (Wildman–Crippen LogP) is 2.08. The molecular formula is C24H29N3O6S. The number of sulfonamides is 1. The van der Waals surface area contributed by atoms with E-state index < -0.39 is 10.0 Å². The number of hydrogen-bond donors (Lipinski definition) is 2. The summed E-state index contributed by atoms with van der Waals surface area (Å²) in [5.41, 5.74) is 1.68. The Morgan fingerprint density at radius 3 is 2.21 bits per heavy atom. The number of carbonyl (C=O) groups is 3. The first-order valence-corrected chi connectivity index (χ1v) is 12.6. The Hall–Kier alpha value is -3.08. The van der Waals surface area contributed by atoms with Gasteiger partial charge in [-0.15, -0.1) is 0 Å². The summed E-state index contributed by atoms with van der Waals surface area (Å²) in [5, 5.41) is 2.82. The Morgan fingerprint density at radius 1 is 0.941 bits per heavy atom. The van der Waals surface area contributed by atoms with Gasteiger partial charge in [-0.2, -0.15) is 0 Å². The van der Waals surface area contributed by atoms with E-state index in [4.69, 9.17) is 4.74 Å². The highest BCUT2D eigenvalue weighted by atomic mass is 32.2. The molecule has 1 heterocycles. The molecule has 0 atom stereocenters. The van der Waals surface area contributed by atoms with Gasteiger partial charge in [0, 0.05) is 33.2 Å². The summed E-state index contributed by atoms with van der Waals surface area (Å²) in [6, 6.07) is 13.1. The van der Waals surface area contributed by atoms with Crippen molar-refractivity contribution in [3.8, 4) is 0 Å². The molecule has 0 saturated heterocycles. The second-order valence-corrected chi connectivity index (χ2v) is 9.70. The lowest BCUT2D eigenvalue weighted by Crippen LogP contribution is -2.30. The zero-order chi connectivity index (χ0) is 24.6. The molecule has 3 rings (SSSR count). The minimum absolute atomic E-state index is 0.112. The molecule has 10 heteroatoms. The lowest BCUT2D eigenvalue weighted by atomic mass is 10.1. The monoisotopic (exact) mass is 487 g/mol. The summed E-state index contributed by atoms with van der Waals surface area (Å²) in [6.45, 7) is 1.11. The average Bonchev–Trinajstić information content (AvgIpc) is 3.08. The number of carbonyl (C=O) groups excluding carboxylic acids is 3. The van der Waals surface area contributed by atoms with Gasteiger partial charge in [0.25, 0.3) is 11.8 Å². The Kier molecular flexibility index (Phi) is 8.91. The molecule has 9 nitrogen and oxygen atoms in total. The van der Waals surface area contributed by atoms with Gasteiger partial charge in [-0.1, -0.05) is 30.7 Å². The van der Waals surface area contributed by atoms with Crippen LogP contribution in [0.25, 0.3) is 0 Å².